The van der Waals surface area contributed by atoms with E-state index in [0.29, 0.717) is 24.5 Å². The van der Waals surface area contributed by atoms with Gasteiger partial charge in [-0.2, -0.15) is 5.10 Å². The minimum absolute atomic E-state index is 0.192. The maximum atomic E-state index is 15.1. The quantitative estimate of drug-likeness (QED) is 0.621. The molecular weight excluding hydrogens is 427 g/mol. The van der Waals surface area contributed by atoms with E-state index in [9.17, 15) is 9.59 Å². The number of aromatic nitrogens is 2. The third-order valence-electron chi connectivity index (χ3n) is 6.30. The normalized spacial score (nSPS) is 17.6. The molecule has 4 rings (SSSR count). The predicted molar refractivity (Wildman–Crippen MR) is 123 cm³/mol. The number of cyclic esters (lactones) is 1. The summed E-state index contributed by atoms with van der Waals surface area (Å²) in [6.07, 6.45) is 0.870. The van der Waals surface area contributed by atoms with E-state index in [1.54, 1.807) is 12.1 Å². The fraction of sp³-hybridized carbons (Fsp3) is 0.522. The summed E-state index contributed by atoms with van der Waals surface area (Å²) in [6.45, 7) is 11.1. The molecule has 0 spiro atoms. The Hall–Kier alpha value is -3.14. The summed E-state index contributed by atoms with van der Waals surface area (Å²) < 4.78 is 22.4. The van der Waals surface area contributed by atoms with Gasteiger partial charge in [0.15, 0.2) is 0 Å². The highest BCUT2D eigenvalue weighted by Crippen LogP contribution is 2.33. The molecule has 2 amide bonds. The summed E-state index contributed by atoms with van der Waals surface area (Å²) in [5.41, 5.74) is 3.16. The molecule has 1 aromatic carbocycles. The molecule has 0 saturated carbocycles. The molecule has 0 radical (unpaired) electrons. The number of benzene rings is 1. The van der Waals surface area contributed by atoms with Crippen molar-refractivity contribution in [3.63, 3.8) is 0 Å². The van der Waals surface area contributed by atoms with Crippen LogP contribution < -0.4 is 15.1 Å². The van der Waals surface area contributed by atoms with Crippen molar-refractivity contribution in [3.05, 3.63) is 41.5 Å². The van der Waals surface area contributed by atoms with E-state index in [-0.39, 0.29) is 19.0 Å². The van der Waals surface area contributed by atoms with Crippen molar-refractivity contribution >= 4 is 23.4 Å². The maximum Gasteiger partial charge on any atom is 0.414 e. The summed E-state index contributed by atoms with van der Waals surface area (Å²) in [6, 6.07) is 4.81. The maximum absolute atomic E-state index is 15.1. The molecule has 1 saturated heterocycles. The van der Waals surface area contributed by atoms with Gasteiger partial charge < -0.3 is 19.9 Å². The van der Waals surface area contributed by atoms with Gasteiger partial charge in [-0.25, -0.2) is 9.18 Å². The average Bonchev–Trinajstić information content (AvgIpc) is 3.47. The van der Waals surface area contributed by atoms with Crippen LogP contribution >= 0.6 is 0 Å². The summed E-state index contributed by atoms with van der Waals surface area (Å²) in [5.74, 6) is -0.582. The fourth-order valence-electron chi connectivity index (χ4n) is 4.36. The molecule has 1 fully saturated rings. The third kappa shape index (κ3) is 4.95. The third-order valence-corrected chi connectivity index (χ3v) is 6.30. The van der Waals surface area contributed by atoms with Crippen LogP contribution in [0.1, 0.15) is 32.0 Å². The Morgan fingerprint density at radius 3 is 2.79 bits per heavy atom. The zero-order valence-electron chi connectivity index (χ0n) is 19.4. The lowest BCUT2D eigenvalue weighted by Gasteiger charge is -2.21. The molecule has 178 valence electrons. The van der Waals surface area contributed by atoms with Crippen LogP contribution in [0.15, 0.2) is 24.4 Å². The van der Waals surface area contributed by atoms with Crippen LogP contribution in [0.5, 0.6) is 0 Å². The van der Waals surface area contributed by atoms with Crippen LogP contribution in [0.3, 0.4) is 0 Å². The summed E-state index contributed by atoms with van der Waals surface area (Å²) in [4.78, 5) is 29.1. The van der Waals surface area contributed by atoms with Gasteiger partial charge in [0.1, 0.15) is 11.9 Å². The van der Waals surface area contributed by atoms with Gasteiger partial charge >= 0.3 is 6.09 Å². The van der Waals surface area contributed by atoms with Crippen LogP contribution in [0.25, 0.3) is 0 Å². The minimum atomic E-state index is -0.542. The van der Waals surface area contributed by atoms with Gasteiger partial charge in [0.25, 0.3) is 0 Å². The first-order valence-corrected chi connectivity index (χ1v) is 11.4. The van der Waals surface area contributed by atoms with Crippen LogP contribution in [0.4, 0.5) is 20.6 Å². The molecule has 1 N–H and O–H groups in total. The number of likely N-dealkylation sites (N-methyl/N-ethyl adjacent to an activating group) is 1. The highest BCUT2D eigenvalue weighted by atomic mass is 19.1. The SMILES string of the molecule is CCN(CC)CCn1ncc2c1CN(c1ccc(N3CC(CNC(C)=O)OC3=O)cc1F)C2. The number of halogens is 1. The minimum Gasteiger partial charge on any atom is -0.442 e. The van der Waals surface area contributed by atoms with Gasteiger partial charge in [-0.15, -0.1) is 0 Å². The second-order valence-corrected chi connectivity index (χ2v) is 8.41. The van der Waals surface area contributed by atoms with Crippen LogP contribution in [-0.2, 0) is 29.2 Å². The van der Waals surface area contributed by atoms with Crippen LogP contribution in [-0.4, -0.2) is 65.5 Å². The lowest BCUT2D eigenvalue weighted by molar-refractivity contribution is -0.119. The predicted octanol–water partition coefficient (Wildman–Crippen LogP) is 2.35. The summed E-state index contributed by atoms with van der Waals surface area (Å²) in [5, 5.41) is 7.16. The number of fused-ring (bicyclic) bond motifs is 1. The molecule has 10 heteroatoms. The van der Waals surface area contributed by atoms with Crippen molar-refractivity contribution in [1.82, 2.24) is 20.0 Å². The standard InChI is InChI=1S/C23H31FN6O3/c1-4-27(5-2)8-9-30-22-15-28(13-17(22)11-26-30)21-7-6-18(10-20(21)24)29-14-19(33-23(29)32)12-25-16(3)31/h6-7,10-11,19H,4-5,8-9,12-15H2,1-3H3,(H,25,31). The Morgan fingerprint density at radius 2 is 2.09 bits per heavy atom. The monoisotopic (exact) mass is 458 g/mol. The van der Waals surface area contributed by atoms with Crippen molar-refractivity contribution in [3.8, 4) is 0 Å². The molecule has 33 heavy (non-hydrogen) atoms. The van der Waals surface area contributed by atoms with E-state index in [2.05, 4.69) is 29.2 Å². The van der Waals surface area contributed by atoms with Gasteiger partial charge in [-0.3, -0.25) is 14.4 Å². The van der Waals surface area contributed by atoms with Crippen molar-refractivity contribution in [2.75, 3.05) is 42.5 Å². The van der Waals surface area contributed by atoms with Crippen molar-refractivity contribution in [2.24, 2.45) is 0 Å². The topological polar surface area (TPSA) is 82.9 Å². The number of nitrogens with one attached hydrogen (secondary N) is 1. The van der Waals surface area contributed by atoms with Gasteiger partial charge in [-0.1, -0.05) is 13.8 Å². The molecule has 9 nitrogen and oxygen atoms in total. The first-order chi connectivity index (χ1) is 15.9. The van der Waals surface area contributed by atoms with Crippen molar-refractivity contribution in [1.29, 1.82) is 0 Å². The largest absolute Gasteiger partial charge is 0.442 e. The van der Waals surface area contributed by atoms with Crippen LogP contribution in [0, 0.1) is 5.82 Å². The Morgan fingerprint density at radius 1 is 1.30 bits per heavy atom. The second kappa shape index (κ2) is 9.78. The smallest absolute Gasteiger partial charge is 0.414 e. The Kier molecular flexibility index (Phi) is 6.83. The number of hydrogen-bond acceptors (Lipinski definition) is 6. The number of hydrogen-bond donors (Lipinski definition) is 1. The van der Waals surface area contributed by atoms with E-state index in [1.807, 2.05) is 15.8 Å². The van der Waals surface area contributed by atoms with Gasteiger partial charge in [0.2, 0.25) is 5.91 Å². The Bertz CT molecular complexity index is 1020. The number of amides is 2. The molecule has 1 aromatic heterocycles. The summed E-state index contributed by atoms with van der Waals surface area (Å²) >= 11 is 0. The number of anilines is 2. The molecule has 0 bridgehead atoms. The molecule has 2 aliphatic heterocycles. The number of ether oxygens (including phenoxy) is 1. The number of nitrogens with zero attached hydrogens (tertiary/aromatic N) is 5. The van der Waals surface area contributed by atoms with Crippen LogP contribution in [0.2, 0.25) is 0 Å². The summed E-state index contributed by atoms with van der Waals surface area (Å²) in [7, 11) is 0. The highest BCUT2D eigenvalue weighted by molar-refractivity contribution is 5.90. The van der Waals surface area contributed by atoms with Gasteiger partial charge in [0.05, 0.1) is 49.4 Å². The van der Waals surface area contributed by atoms with Crippen molar-refractivity contribution in [2.45, 2.75) is 46.5 Å². The average molecular weight is 459 g/mol. The second-order valence-electron chi connectivity index (χ2n) is 8.41. The van der Waals surface area contributed by atoms with E-state index in [1.165, 1.54) is 17.9 Å². The van der Waals surface area contributed by atoms with Gasteiger partial charge in [-0.05, 0) is 31.3 Å². The number of carbonyl (C=O) groups is 2. The molecule has 0 aliphatic carbocycles. The Balaban J connectivity index is 1.41. The number of carbonyl (C=O) groups excluding carboxylic acids is 2. The highest BCUT2D eigenvalue weighted by Gasteiger charge is 2.33. The molecule has 3 heterocycles. The number of rotatable bonds is 9. The molecule has 1 unspecified atom stereocenters. The fourth-order valence-corrected chi connectivity index (χ4v) is 4.36. The first-order valence-electron chi connectivity index (χ1n) is 11.4. The first kappa shape index (κ1) is 23.0. The van der Waals surface area contributed by atoms with Crippen molar-refractivity contribution < 1.29 is 18.7 Å². The lowest BCUT2D eigenvalue weighted by Crippen LogP contribution is -2.33. The zero-order chi connectivity index (χ0) is 23.5. The zero-order valence-corrected chi connectivity index (χ0v) is 19.4. The molecule has 2 aromatic rings. The van der Waals surface area contributed by atoms with Gasteiger partial charge in [0, 0.05) is 25.6 Å². The van der Waals surface area contributed by atoms with E-state index in [0.717, 1.165) is 37.4 Å². The molecular formula is C23H31FN6O3. The molecule has 1 atom stereocenters. The Labute approximate surface area is 193 Å². The van der Waals surface area contributed by atoms with E-state index in [4.69, 9.17) is 4.74 Å². The lowest BCUT2D eigenvalue weighted by atomic mass is 10.2. The molecule has 2 aliphatic rings. The van der Waals surface area contributed by atoms with E-state index < -0.39 is 18.0 Å². The van der Waals surface area contributed by atoms with E-state index >= 15 is 4.39 Å².